The summed E-state index contributed by atoms with van der Waals surface area (Å²) in [6.45, 7) is 3.34. The van der Waals surface area contributed by atoms with Gasteiger partial charge in [-0.15, -0.1) is 0 Å². The molecule has 7 nitrogen and oxygen atoms in total. The van der Waals surface area contributed by atoms with Gasteiger partial charge in [-0.1, -0.05) is 68.8 Å². The van der Waals surface area contributed by atoms with Crippen LogP contribution in [-0.2, 0) is 14.3 Å². The van der Waals surface area contributed by atoms with E-state index in [4.69, 9.17) is 9.84 Å². The molecule has 0 radical (unpaired) electrons. The first kappa shape index (κ1) is 26.1. The molecular weight excluding hydrogens is 465 g/mol. The van der Waals surface area contributed by atoms with Gasteiger partial charge < -0.3 is 20.5 Å². The minimum Gasteiger partial charge on any atom is -0.480 e. The SMILES string of the molecule is CCC(C)C(NC(=O)OCC1c2ccccc2-c2ccccc21)C(=O)NC(CC(F)(F)F)C(=O)O. The minimum absolute atomic E-state index is 0.0134. The van der Waals surface area contributed by atoms with Gasteiger partial charge in [-0.3, -0.25) is 4.79 Å². The van der Waals surface area contributed by atoms with Gasteiger partial charge >= 0.3 is 18.2 Å². The molecule has 3 rings (SSSR count). The zero-order valence-corrected chi connectivity index (χ0v) is 19.3. The first-order valence-corrected chi connectivity index (χ1v) is 11.2. The minimum atomic E-state index is -4.79. The second kappa shape index (κ2) is 10.8. The lowest BCUT2D eigenvalue weighted by Gasteiger charge is -2.26. The van der Waals surface area contributed by atoms with Gasteiger partial charge in [0, 0.05) is 5.92 Å². The molecule has 0 aliphatic heterocycles. The van der Waals surface area contributed by atoms with Crippen LogP contribution in [0, 0.1) is 5.92 Å². The molecule has 0 bridgehead atoms. The third kappa shape index (κ3) is 6.32. The number of ether oxygens (including phenoxy) is 1. The maximum Gasteiger partial charge on any atom is 0.407 e. The van der Waals surface area contributed by atoms with E-state index >= 15 is 0 Å². The van der Waals surface area contributed by atoms with Crippen molar-refractivity contribution in [3.8, 4) is 11.1 Å². The maximum absolute atomic E-state index is 12.7. The number of carboxylic acids is 1. The maximum atomic E-state index is 12.7. The smallest absolute Gasteiger partial charge is 0.407 e. The Morgan fingerprint density at radius 2 is 1.54 bits per heavy atom. The number of rotatable bonds is 9. The fourth-order valence-corrected chi connectivity index (χ4v) is 4.16. The number of alkyl carbamates (subject to hydrolysis) is 1. The summed E-state index contributed by atoms with van der Waals surface area (Å²) in [4.78, 5) is 36.5. The number of fused-ring (bicyclic) bond motifs is 3. The van der Waals surface area contributed by atoms with Crippen molar-refractivity contribution in [1.82, 2.24) is 10.6 Å². The van der Waals surface area contributed by atoms with Crippen LogP contribution in [0.25, 0.3) is 11.1 Å². The van der Waals surface area contributed by atoms with Crippen LogP contribution in [0.4, 0.5) is 18.0 Å². The molecule has 0 saturated carbocycles. The molecule has 2 aromatic carbocycles. The van der Waals surface area contributed by atoms with E-state index in [9.17, 15) is 27.6 Å². The van der Waals surface area contributed by atoms with Crippen LogP contribution in [0.2, 0.25) is 0 Å². The number of carboxylic acid groups (broad SMARTS) is 1. The quantitative estimate of drug-likeness (QED) is 0.479. The summed E-state index contributed by atoms with van der Waals surface area (Å²) in [5.74, 6) is -3.55. The van der Waals surface area contributed by atoms with Crippen molar-refractivity contribution < 1.29 is 37.4 Å². The van der Waals surface area contributed by atoms with Crippen LogP contribution < -0.4 is 10.6 Å². The highest BCUT2D eigenvalue weighted by Crippen LogP contribution is 2.44. The summed E-state index contributed by atoms with van der Waals surface area (Å²) in [5, 5.41) is 13.4. The normalized spacial score (nSPS) is 15.3. The number of carbonyl (C=O) groups is 3. The number of amides is 2. The van der Waals surface area contributed by atoms with Crippen LogP contribution >= 0.6 is 0 Å². The molecule has 0 aromatic heterocycles. The third-order valence-electron chi connectivity index (χ3n) is 6.16. The monoisotopic (exact) mass is 492 g/mol. The van der Waals surface area contributed by atoms with Gasteiger partial charge in [0.2, 0.25) is 5.91 Å². The van der Waals surface area contributed by atoms with Crippen molar-refractivity contribution in [1.29, 1.82) is 0 Å². The summed E-state index contributed by atoms with van der Waals surface area (Å²) in [7, 11) is 0. The topological polar surface area (TPSA) is 105 Å². The largest absolute Gasteiger partial charge is 0.480 e. The van der Waals surface area contributed by atoms with Gasteiger partial charge in [-0.05, 0) is 28.2 Å². The first-order chi connectivity index (χ1) is 16.5. The van der Waals surface area contributed by atoms with E-state index in [1.165, 1.54) is 0 Å². The Kier molecular flexibility index (Phi) is 8.03. The van der Waals surface area contributed by atoms with Crippen LogP contribution in [0.15, 0.2) is 48.5 Å². The molecule has 2 amide bonds. The Morgan fingerprint density at radius 1 is 1.00 bits per heavy atom. The van der Waals surface area contributed by atoms with E-state index in [-0.39, 0.29) is 12.5 Å². The number of hydrogen-bond donors (Lipinski definition) is 3. The molecule has 3 atom stereocenters. The molecule has 35 heavy (non-hydrogen) atoms. The average molecular weight is 492 g/mol. The van der Waals surface area contributed by atoms with Crippen molar-refractivity contribution in [3.05, 3.63) is 59.7 Å². The molecule has 0 fully saturated rings. The molecule has 1 aliphatic rings. The van der Waals surface area contributed by atoms with Gasteiger partial charge in [0.05, 0.1) is 6.42 Å². The fourth-order valence-electron chi connectivity index (χ4n) is 4.16. The van der Waals surface area contributed by atoms with Crippen molar-refractivity contribution in [2.24, 2.45) is 5.92 Å². The van der Waals surface area contributed by atoms with Gasteiger partial charge in [-0.2, -0.15) is 13.2 Å². The summed E-state index contributed by atoms with van der Waals surface area (Å²) in [6, 6.07) is 12.0. The predicted octanol–water partition coefficient (Wildman–Crippen LogP) is 4.46. The molecule has 10 heteroatoms. The fraction of sp³-hybridized carbons (Fsp3) is 0.400. The lowest BCUT2D eigenvalue weighted by atomic mass is 9.97. The van der Waals surface area contributed by atoms with Gasteiger partial charge in [-0.25, -0.2) is 9.59 Å². The molecular formula is C25H27F3N2O5. The van der Waals surface area contributed by atoms with E-state index in [0.717, 1.165) is 22.3 Å². The van der Waals surface area contributed by atoms with E-state index in [1.807, 2.05) is 53.8 Å². The number of carbonyl (C=O) groups excluding carboxylic acids is 2. The predicted molar refractivity (Wildman–Crippen MR) is 122 cm³/mol. The van der Waals surface area contributed by atoms with Crippen LogP contribution in [-0.4, -0.2) is 47.9 Å². The lowest BCUT2D eigenvalue weighted by molar-refractivity contribution is -0.160. The molecule has 0 saturated heterocycles. The summed E-state index contributed by atoms with van der Waals surface area (Å²) in [6.07, 6.45) is -7.04. The van der Waals surface area contributed by atoms with Gasteiger partial charge in [0.15, 0.2) is 0 Å². The first-order valence-electron chi connectivity index (χ1n) is 11.2. The van der Waals surface area contributed by atoms with Crippen molar-refractivity contribution in [3.63, 3.8) is 0 Å². The number of alkyl halides is 3. The highest BCUT2D eigenvalue weighted by molar-refractivity contribution is 5.89. The molecule has 3 N–H and O–H groups in total. The Hall–Kier alpha value is -3.56. The number of benzene rings is 2. The molecule has 188 valence electrons. The van der Waals surface area contributed by atoms with Crippen LogP contribution in [0.5, 0.6) is 0 Å². The lowest BCUT2D eigenvalue weighted by Crippen LogP contribution is -2.55. The summed E-state index contributed by atoms with van der Waals surface area (Å²) >= 11 is 0. The van der Waals surface area contributed by atoms with E-state index < -0.39 is 48.6 Å². The average Bonchev–Trinajstić information content (AvgIpc) is 3.13. The van der Waals surface area contributed by atoms with E-state index in [2.05, 4.69) is 5.32 Å². The highest BCUT2D eigenvalue weighted by Gasteiger charge is 2.38. The Morgan fingerprint density at radius 3 is 2.03 bits per heavy atom. The van der Waals surface area contributed by atoms with Crippen molar-refractivity contribution >= 4 is 18.0 Å². The van der Waals surface area contributed by atoms with Gasteiger partial charge in [0.25, 0.3) is 0 Å². The van der Waals surface area contributed by atoms with Crippen LogP contribution in [0.1, 0.15) is 43.7 Å². The van der Waals surface area contributed by atoms with E-state index in [1.54, 1.807) is 13.8 Å². The molecule has 3 unspecified atom stereocenters. The number of nitrogens with one attached hydrogen (secondary N) is 2. The Bertz CT molecular complexity index is 1040. The van der Waals surface area contributed by atoms with Crippen molar-refractivity contribution in [2.45, 2.75) is 50.9 Å². The second-order valence-electron chi connectivity index (χ2n) is 8.55. The highest BCUT2D eigenvalue weighted by atomic mass is 19.4. The zero-order chi connectivity index (χ0) is 25.8. The second-order valence-corrected chi connectivity index (χ2v) is 8.55. The number of hydrogen-bond acceptors (Lipinski definition) is 4. The molecule has 2 aromatic rings. The summed E-state index contributed by atoms with van der Waals surface area (Å²) in [5.41, 5.74) is 4.07. The zero-order valence-electron chi connectivity index (χ0n) is 19.3. The van der Waals surface area contributed by atoms with E-state index in [0.29, 0.717) is 6.42 Å². The Labute approximate surface area is 200 Å². The summed E-state index contributed by atoms with van der Waals surface area (Å²) < 4.78 is 43.5. The number of aliphatic carboxylic acids is 1. The molecule has 0 heterocycles. The third-order valence-corrected chi connectivity index (χ3v) is 6.16. The van der Waals surface area contributed by atoms with Gasteiger partial charge in [0.1, 0.15) is 18.7 Å². The molecule has 0 spiro atoms. The standard InChI is InChI=1S/C25H27F3N2O5/c1-3-14(2)21(22(31)29-20(23(32)33)12-25(26,27)28)30-24(34)35-13-19-17-10-6-4-8-15(17)16-9-5-7-11-18(16)19/h4-11,14,19-21H,3,12-13H2,1-2H3,(H,29,31)(H,30,34)(H,32,33). The van der Waals surface area contributed by atoms with Crippen molar-refractivity contribution in [2.75, 3.05) is 6.61 Å². The molecule has 1 aliphatic carbocycles. The Balaban J connectivity index is 1.68. The number of halogens is 3. The van der Waals surface area contributed by atoms with Crippen LogP contribution in [0.3, 0.4) is 0 Å².